The fourth-order valence-electron chi connectivity index (χ4n) is 1.98. The molecule has 0 rings (SSSR count). The average molecular weight is 283 g/mol. The highest BCUT2D eigenvalue weighted by atomic mass is 16.4. The second-order valence-corrected chi connectivity index (χ2v) is 4.47. The summed E-state index contributed by atoms with van der Waals surface area (Å²) in [6.07, 6.45) is 4.45. The van der Waals surface area contributed by atoms with Gasteiger partial charge in [-0.1, -0.05) is 19.1 Å². The van der Waals surface area contributed by atoms with Crippen LogP contribution in [0.1, 0.15) is 26.2 Å². The van der Waals surface area contributed by atoms with E-state index >= 15 is 0 Å². The lowest BCUT2D eigenvalue weighted by Crippen LogP contribution is -2.52. The van der Waals surface area contributed by atoms with Gasteiger partial charge in [0.2, 0.25) is 5.91 Å². The normalized spacial score (nSPS) is 12.3. The van der Waals surface area contributed by atoms with E-state index in [9.17, 15) is 14.7 Å². The first-order chi connectivity index (χ1) is 9.47. The Kier molecular flexibility index (Phi) is 9.32. The Morgan fingerprint density at radius 3 is 2.20 bits per heavy atom. The molecule has 0 aliphatic rings. The quantitative estimate of drug-likeness (QED) is 0.412. The maximum absolute atomic E-state index is 11.5. The van der Waals surface area contributed by atoms with Crippen molar-refractivity contribution in [3.05, 3.63) is 25.3 Å². The van der Waals surface area contributed by atoms with Gasteiger partial charge in [-0.2, -0.15) is 0 Å². The third-order valence-electron chi connectivity index (χ3n) is 2.80. The molecule has 0 aromatic rings. The second kappa shape index (κ2) is 10.2. The Morgan fingerprint density at radius 2 is 1.85 bits per heavy atom. The summed E-state index contributed by atoms with van der Waals surface area (Å²) in [5.74, 6) is -1.45. The summed E-state index contributed by atoms with van der Waals surface area (Å²) in [5.41, 5.74) is 5.11. The highest BCUT2D eigenvalue weighted by Gasteiger charge is 2.28. The van der Waals surface area contributed by atoms with Gasteiger partial charge < -0.3 is 10.8 Å². The van der Waals surface area contributed by atoms with Crippen molar-refractivity contribution in [3.63, 3.8) is 0 Å². The van der Waals surface area contributed by atoms with Crippen LogP contribution in [0.2, 0.25) is 0 Å². The number of hydrogen-bond donors (Lipinski definition) is 2. The lowest BCUT2D eigenvalue weighted by atomic mass is 10.1. The van der Waals surface area contributed by atoms with E-state index in [4.69, 9.17) is 5.73 Å². The van der Waals surface area contributed by atoms with E-state index in [2.05, 4.69) is 13.2 Å². The van der Waals surface area contributed by atoms with E-state index < -0.39 is 17.9 Å². The van der Waals surface area contributed by atoms with Gasteiger partial charge in [-0.05, 0) is 12.8 Å². The molecule has 6 nitrogen and oxygen atoms in total. The molecule has 0 spiro atoms. The molecule has 0 heterocycles. The van der Waals surface area contributed by atoms with Gasteiger partial charge in [-0.15, -0.1) is 13.2 Å². The highest BCUT2D eigenvalue weighted by molar-refractivity contribution is 5.77. The predicted octanol–water partition coefficient (Wildman–Crippen LogP) is 1.01. The molecular weight excluding hydrogens is 258 g/mol. The lowest BCUT2D eigenvalue weighted by Gasteiger charge is -2.37. The number of primary amides is 1. The van der Waals surface area contributed by atoms with Gasteiger partial charge in [-0.25, -0.2) is 10.0 Å². The number of hydrogen-bond acceptors (Lipinski definition) is 4. The first-order valence-electron chi connectivity index (χ1n) is 6.72. The largest absolute Gasteiger partial charge is 0.480 e. The van der Waals surface area contributed by atoms with E-state index in [1.807, 2.05) is 11.9 Å². The van der Waals surface area contributed by atoms with Gasteiger partial charge in [0.1, 0.15) is 6.04 Å². The minimum absolute atomic E-state index is 0.0488. The summed E-state index contributed by atoms with van der Waals surface area (Å²) < 4.78 is 0. The van der Waals surface area contributed by atoms with Crippen LogP contribution in [-0.4, -0.2) is 52.7 Å². The van der Waals surface area contributed by atoms with Gasteiger partial charge in [-0.3, -0.25) is 9.59 Å². The van der Waals surface area contributed by atoms with Crippen LogP contribution < -0.4 is 5.73 Å². The number of amides is 1. The zero-order valence-corrected chi connectivity index (χ0v) is 12.1. The monoisotopic (exact) mass is 283 g/mol. The number of rotatable bonds is 12. The Morgan fingerprint density at radius 1 is 1.30 bits per heavy atom. The van der Waals surface area contributed by atoms with Crippen LogP contribution in [0.5, 0.6) is 0 Å². The summed E-state index contributed by atoms with van der Waals surface area (Å²) >= 11 is 0. The van der Waals surface area contributed by atoms with Crippen molar-refractivity contribution in [2.45, 2.75) is 32.2 Å². The van der Waals surface area contributed by atoms with Crippen LogP contribution in [0, 0.1) is 0 Å². The predicted molar refractivity (Wildman–Crippen MR) is 78.8 cm³/mol. The molecule has 0 radical (unpaired) electrons. The molecule has 0 aliphatic heterocycles. The summed E-state index contributed by atoms with van der Waals surface area (Å²) in [6.45, 7) is 11.0. The molecule has 0 aromatic carbocycles. The summed E-state index contributed by atoms with van der Waals surface area (Å²) in [7, 11) is 0. The highest BCUT2D eigenvalue weighted by Crippen LogP contribution is 2.12. The van der Waals surface area contributed by atoms with Gasteiger partial charge in [0.25, 0.3) is 0 Å². The molecule has 114 valence electrons. The first kappa shape index (κ1) is 18.3. The van der Waals surface area contributed by atoms with Crippen molar-refractivity contribution >= 4 is 11.9 Å². The Bertz CT molecular complexity index is 335. The average Bonchev–Trinajstić information content (AvgIpc) is 2.37. The second-order valence-electron chi connectivity index (χ2n) is 4.47. The van der Waals surface area contributed by atoms with Crippen LogP contribution in [0.25, 0.3) is 0 Å². The number of carbonyl (C=O) groups excluding carboxylic acids is 1. The number of hydrazine groups is 1. The molecule has 0 aromatic heterocycles. The Hall–Kier alpha value is -1.66. The van der Waals surface area contributed by atoms with Crippen LogP contribution >= 0.6 is 0 Å². The molecule has 0 saturated carbocycles. The number of nitrogens with zero attached hydrogens (tertiary/aromatic N) is 2. The lowest BCUT2D eigenvalue weighted by molar-refractivity contribution is -0.153. The summed E-state index contributed by atoms with van der Waals surface area (Å²) in [6, 6.07) is -0.776. The Balaban J connectivity index is 5.09. The molecule has 20 heavy (non-hydrogen) atoms. The number of carboxylic acid groups (broad SMARTS) is 1. The molecular formula is C14H25N3O3. The number of nitrogens with two attached hydrogens (primary N) is 1. The van der Waals surface area contributed by atoms with Crippen molar-refractivity contribution in [1.82, 2.24) is 10.0 Å². The fourth-order valence-corrected chi connectivity index (χ4v) is 1.98. The zero-order chi connectivity index (χ0) is 15.5. The van der Waals surface area contributed by atoms with Crippen LogP contribution in [0.3, 0.4) is 0 Å². The summed E-state index contributed by atoms with van der Waals surface area (Å²) in [5, 5.41) is 13.0. The van der Waals surface area contributed by atoms with Crippen molar-refractivity contribution in [3.8, 4) is 0 Å². The van der Waals surface area contributed by atoms with Gasteiger partial charge >= 0.3 is 5.97 Å². The standard InChI is InChI=1S/C14H25N3O3/c1-4-9-16(10-5-2)17(11-6-3)12(14(19)20)7-8-13(15)18/h4-5,12H,1-2,6-11H2,3H3,(H2,15,18)(H,19,20). The third-order valence-corrected chi connectivity index (χ3v) is 2.80. The molecule has 0 aliphatic carbocycles. The molecule has 1 unspecified atom stereocenters. The minimum Gasteiger partial charge on any atom is -0.480 e. The van der Waals surface area contributed by atoms with E-state index in [1.54, 1.807) is 17.2 Å². The smallest absolute Gasteiger partial charge is 0.322 e. The molecule has 0 bridgehead atoms. The molecule has 0 saturated heterocycles. The zero-order valence-electron chi connectivity index (χ0n) is 12.1. The molecule has 6 heteroatoms. The van der Waals surface area contributed by atoms with E-state index in [0.29, 0.717) is 19.6 Å². The van der Waals surface area contributed by atoms with E-state index in [0.717, 1.165) is 6.42 Å². The van der Waals surface area contributed by atoms with Crippen molar-refractivity contribution < 1.29 is 14.7 Å². The van der Waals surface area contributed by atoms with E-state index in [-0.39, 0.29) is 12.8 Å². The number of carbonyl (C=O) groups is 2. The molecule has 1 amide bonds. The van der Waals surface area contributed by atoms with Crippen LogP contribution in [0.15, 0.2) is 25.3 Å². The maximum Gasteiger partial charge on any atom is 0.322 e. The summed E-state index contributed by atoms with van der Waals surface area (Å²) in [4.78, 5) is 22.4. The number of carboxylic acids is 1. The van der Waals surface area contributed by atoms with Crippen LogP contribution in [0.4, 0.5) is 0 Å². The van der Waals surface area contributed by atoms with Gasteiger partial charge in [0.05, 0.1) is 0 Å². The van der Waals surface area contributed by atoms with Gasteiger partial charge in [0, 0.05) is 26.1 Å². The van der Waals surface area contributed by atoms with E-state index in [1.165, 1.54) is 0 Å². The third kappa shape index (κ3) is 6.49. The van der Waals surface area contributed by atoms with Crippen molar-refractivity contribution in [1.29, 1.82) is 0 Å². The van der Waals surface area contributed by atoms with Crippen molar-refractivity contribution in [2.75, 3.05) is 19.6 Å². The minimum atomic E-state index is -0.960. The molecule has 0 fully saturated rings. The topological polar surface area (TPSA) is 86.9 Å². The molecule has 3 N–H and O–H groups in total. The van der Waals surface area contributed by atoms with Gasteiger partial charge in [0.15, 0.2) is 0 Å². The molecule has 1 atom stereocenters. The fraction of sp³-hybridized carbons (Fsp3) is 0.571. The number of aliphatic carboxylic acids is 1. The Labute approximate surface area is 120 Å². The maximum atomic E-state index is 11.5. The first-order valence-corrected chi connectivity index (χ1v) is 6.72. The van der Waals surface area contributed by atoms with Crippen LogP contribution in [-0.2, 0) is 9.59 Å². The van der Waals surface area contributed by atoms with Crippen molar-refractivity contribution in [2.24, 2.45) is 5.73 Å². The SMILES string of the molecule is C=CCN(CC=C)N(CCC)C(CCC(N)=O)C(=O)O.